The summed E-state index contributed by atoms with van der Waals surface area (Å²) in [6.45, 7) is 4.36. The summed E-state index contributed by atoms with van der Waals surface area (Å²) in [5.74, 6) is -0.676. The minimum Gasteiger partial charge on any atom is -0.404 e. The van der Waals surface area contributed by atoms with Gasteiger partial charge in [0.25, 0.3) is 10.0 Å². The minimum absolute atomic E-state index is 0.0289. The summed E-state index contributed by atoms with van der Waals surface area (Å²) in [5, 5.41) is 3.87. The summed E-state index contributed by atoms with van der Waals surface area (Å²) in [4.78, 5) is 9.07. The van der Waals surface area contributed by atoms with Crippen LogP contribution in [0.15, 0.2) is 46.2 Å². The van der Waals surface area contributed by atoms with Crippen LogP contribution in [-0.4, -0.2) is 31.3 Å². The number of aromatic nitrogens is 2. The summed E-state index contributed by atoms with van der Waals surface area (Å²) in [5.41, 5.74) is 0.325. The van der Waals surface area contributed by atoms with Crippen molar-refractivity contribution in [3.05, 3.63) is 41.4 Å². The number of halogens is 3. The average Bonchev–Trinajstić information content (AvgIpc) is 3.31. The van der Waals surface area contributed by atoms with E-state index in [9.17, 15) is 21.6 Å². The smallest absolute Gasteiger partial charge is 0.404 e. The predicted octanol–water partition coefficient (Wildman–Crippen LogP) is 5.09. The van der Waals surface area contributed by atoms with Gasteiger partial charge in [0, 0.05) is 41.5 Å². The van der Waals surface area contributed by atoms with Crippen molar-refractivity contribution in [3.63, 3.8) is 0 Å². The minimum atomic E-state index is -5.08. The van der Waals surface area contributed by atoms with Crippen LogP contribution in [0.2, 0.25) is 0 Å². The summed E-state index contributed by atoms with van der Waals surface area (Å²) < 4.78 is 70.7. The maximum atomic E-state index is 13.0. The number of nitrogens with one attached hydrogen (secondary N) is 1. The molecule has 0 radical (unpaired) electrons. The first-order chi connectivity index (χ1) is 14.0. The van der Waals surface area contributed by atoms with E-state index in [1.165, 1.54) is 29.0 Å². The van der Waals surface area contributed by atoms with E-state index in [1.54, 1.807) is 16.5 Å². The van der Waals surface area contributed by atoms with Crippen molar-refractivity contribution in [1.82, 2.24) is 9.97 Å². The first-order valence-corrected chi connectivity index (χ1v) is 11.8. The van der Waals surface area contributed by atoms with Gasteiger partial charge in [-0.3, -0.25) is 4.72 Å². The summed E-state index contributed by atoms with van der Waals surface area (Å²) in [6, 6.07) is 3.55. The number of ether oxygens (including phenoxy) is 1. The number of rotatable bonds is 8. The van der Waals surface area contributed by atoms with Crippen LogP contribution in [0.1, 0.15) is 13.8 Å². The van der Waals surface area contributed by atoms with Crippen LogP contribution in [0.4, 0.5) is 29.1 Å². The highest BCUT2D eigenvalue weighted by atomic mass is 32.2. The summed E-state index contributed by atoms with van der Waals surface area (Å²) in [6.07, 6.45) is -2.12. The van der Waals surface area contributed by atoms with Crippen molar-refractivity contribution in [2.24, 2.45) is 5.92 Å². The van der Waals surface area contributed by atoms with E-state index in [1.807, 2.05) is 13.8 Å². The van der Waals surface area contributed by atoms with Gasteiger partial charge in [0.15, 0.2) is 16.0 Å². The number of thiazole rings is 2. The molecular weight excluding hydrogens is 461 g/mol. The number of anilines is 3. The third kappa shape index (κ3) is 5.61. The van der Waals surface area contributed by atoms with E-state index < -0.39 is 27.0 Å². The average molecular weight is 479 g/mol. The van der Waals surface area contributed by atoms with Gasteiger partial charge >= 0.3 is 6.36 Å². The van der Waals surface area contributed by atoms with Gasteiger partial charge in [0.1, 0.15) is 4.90 Å². The van der Waals surface area contributed by atoms with E-state index in [4.69, 9.17) is 0 Å². The van der Waals surface area contributed by atoms with Gasteiger partial charge in [-0.2, -0.15) is 0 Å². The van der Waals surface area contributed by atoms with Crippen LogP contribution in [0, 0.1) is 5.92 Å². The van der Waals surface area contributed by atoms with Gasteiger partial charge < -0.3 is 9.64 Å². The predicted molar refractivity (Wildman–Crippen MR) is 110 cm³/mol. The number of sulfonamides is 1. The molecule has 2 aromatic heterocycles. The van der Waals surface area contributed by atoms with Crippen molar-refractivity contribution in [3.8, 4) is 5.75 Å². The molecule has 162 valence electrons. The lowest BCUT2D eigenvalue weighted by Crippen LogP contribution is -2.24. The van der Waals surface area contributed by atoms with Crippen LogP contribution in [0.25, 0.3) is 0 Å². The van der Waals surface area contributed by atoms with Crippen LogP contribution in [-0.2, 0) is 10.0 Å². The van der Waals surface area contributed by atoms with Gasteiger partial charge in [-0.1, -0.05) is 13.8 Å². The second-order valence-corrected chi connectivity index (χ2v) is 9.86. The van der Waals surface area contributed by atoms with Gasteiger partial charge in [-0.15, -0.1) is 35.8 Å². The van der Waals surface area contributed by atoms with Crippen molar-refractivity contribution in [2.45, 2.75) is 25.1 Å². The molecule has 3 aromatic rings. The molecule has 3 rings (SSSR count). The number of alkyl halides is 3. The number of nitrogens with zero attached hydrogens (tertiary/aromatic N) is 3. The molecule has 0 bridgehead atoms. The van der Waals surface area contributed by atoms with E-state index in [2.05, 4.69) is 19.4 Å². The fraction of sp³-hybridized carbons (Fsp3) is 0.294. The standard InChI is InChI=1S/C17H17F3N4O3S3/c1-11(2)10-24(16-22-6-8-29-16)12-3-4-14(13(9-12)27-17(18,19)20)30(25,26)23-15-21-5-7-28-15/h3-9,11H,10H2,1-2H3,(H,21,23). The van der Waals surface area contributed by atoms with Crippen molar-refractivity contribution in [2.75, 3.05) is 16.2 Å². The van der Waals surface area contributed by atoms with Crippen LogP contribution in [0.5, 0.6) is 5.75 Å². The van der Waals surface area contributed by atoms with Crippen LogP contribution < -0.4 is 14.4 Å². The highest BCUT2D eigenvalue weighted by Gasteiger charge is 2.35. The molecule has 0 unspecified atom stereocenters. The monoisotopic (exact) mass is 478 g/mol. The topological polar surface area (TPSA) is 84.4 Å². The van der Waals surface area contributed by atoms with Crippen LogP contribution in [0.3, 0.4) is 0 Å². The van der Waals surface area contributed by atoms with E-state index >= 15 is 0 Å². The normalized spacial score (nSPS) is 12.2. The lowest BCUT2D eigenvalue weighted by Gasteiger charge is -2.25. The first-order valence-electron chi connectivity index (χ1n) is 8.54. The lowest BCUT2D eigenvalue weighted by atomic mass is 10.2. The highest BCUT2D eigenvalue weighted by Crippen LogP contribution is 2.37. The Hall–Kier alpha value is -2.38. The third-order valence-electron chi connectivity index (χ3n) is 3.61. The number of benzene rings is 1. The third-order valence-corrected chi connectivity index (χ3v) is 6.60. The first kappa shape index (κ1) is 22.3. The van der Waals surface area contributed by atoms with Crippen molar-refractivity contribution < 1.29 is 26.3 Å². The van der Waals surface area contributed by atoms with E-state index in [0.29, 0.717) is 17.4 Å². The van der Waals surface area contributed by atoms with E-state index in [-0.39, 0.29) is 11.0 Å². The molecule has 7 nitrogen and oxygen atoms in total. The Morgan fingerprint density at radius 1 is 1.17 bits per heavy atom. The molecular formula is C17H17F3N4O3S3. The number of hydrogen-bond donors (Lipinski definition) is 1. The zero-order chi connectivity index (χ0) is 21.9. The Labute approximate surface area is 179 Å². The molecule has 0 spiro atoms. The molecule has 0 aliphatic carbocycles. The Bertz CT molecular complexity index is 1070. The molecule has 2 heterocycles. The second-order valence-electron chi connectivity index (χ2n) is 6.44. The molecule has 0 saturated heterocycles. The van der Waals surface area contributed by atoms with Crippen LogP contribution >= 0.6 is 22.7 Å². The second kappa shape index (κ2) is 8.78. The van der Waals surface area contributed by atoms with Crippen molar-refractivity contribution >= 4 is 48.6 Å². The fourth-order valence-electron chi connectivity index (χ4n) is 2.54. The SMILES string of the molecule is CC(C)CN(c1ccc(S(=O)(=O)Nc2nccs2)c(OC(F)(F)F)c1)c1nccs1. The molecule has 0 amide bonds. The Balaban J connectivity index is 2.06. The zero-order valence-corrected chi connectivity index (χ0v) is 18.2. The molecule has 0 aliphatic heterocycles. The lowest BCUT2D eigenvalue weighted by molar-refractivity contribution is -0.275. The van der Waals surface area contributed by atoms with Gasteiger partial charge in [0.05, 0.1) is 0 Å². The van der Waals surface area contributed by atoms with Gasteiger partial charge in [0.2, 0.25) is 0 Å². The largest absolute Gasteiger partial charge is 0.573 e. The summed E-state index contributed by atoms with van der Waals surface area (Å²) in [7, 11) is -4.36. The molecule has 0 aliphatic rings. The Morgan fingerprint density at radius 3 is 2.43 bits per heavy atom. The maximum absolute atomic E-state index is 13.0. The van der Waals surface area contributed by atoms with Crippen molar-refractivity contribution in [1.29, 1.82) is 0 Å². The Kier molecular flexibility index (Phi) is 6.53. The Morgan fingerprint density at radius 2 is 1.87 bits per heavy atom. The zero-order valence-electron chi connectivity index (χ0n) is 15.8. The van der Waals surface area contributed by atoms with E-state index in [0.717, 1.165) is 23.5 Å². The van der Waals surface area contributed by atoms with Gasteiger partial charge in [-0.25, -0.2) is 18.4 Å². The molecule has 1 N–H and O–H groups in total. The molecule has 1 aromatic carbocycles. The molecule has 0 saturated carbocycles. The number of hydrogen-bond acceptors (Lipinski definition) is 8. The molecule has 0 atom stereocenters. The highest BCUT2D eigenvalue weighted by molar-refractivity contribution is 7.93. The maximum Gasteiger partial charge on any atom is 0.573 e. The summed E-state index contributed by atoms with van der Waals surface area (Å²) >= 11 is 2.31. The molecule has 30 heavy (non-hydrogen) atoms. The fourth-order valence-corrected chi connectivity index (χ4v) is 5.11. The quantitative estimate of drug-likeness (QED) is 0.485. The molecule has 13 heteroatoms. The van der Waals surface area contributed by atoms with Gasteiger partial charge in [-0.05, 0) is 18.1 Å². The molecule has 0 fully saturated rings.